The minimum Gasteiger partial charge on any atom is -0.352 e. The van der Waals surface area contributed by atoms with E-state index in [4.69, 9.17) is 0 Å². The molecule has 0 unspecified atom stereocenters. The number of benzene rings is 1. The number of hydrogen-bond donors (Lipinski definition) is 1. The number of aryl methyl sites for hydroxylation is 2. The Kier molecular flexibility index (Phi) is 6.42. The molecule has 0 fully saturated rings. The molecule has 2 aromatic rings. The summed E-state index contributed by atoms with van der Waals surface area (Å²) in [7, 11) is 0. The molecule has 1 N–H and O–H groups in total. The number of carbonyl (C=O) groups is 2. The Balaban J connectivity index is 1.80. The summed E-state index contributed by atoms with van der Waals surface area (Å²) >= 11 is 2.97. The van der Waals surface area contributed by atoms with Crippen LogP contribution in [0.3, 0.4) is 0 Å². The number of thiophene rings is 1. The SMILES string of the molecule is Cc1ccc(C)c(SCC(=O)N[C@@H](C)CC(=O)c2cccs2)c1. The van der Waals surface area contributed by atoms with Gasteiger partial charge in [-0.3, -0.25) is 9.59 Å². The zero-order valence-electron chi connectivity index (χ0n) is 13.6. The number of thioether (sulfide) groups is 1. The van der Waals surface area contributed by atoms with Crippen molar-refractivity contribution in [2.45, 2.75) is 38.1 Å². The third-order valence-electron chi connectivity index (χ3n) is 3.40. The fourth-order valence-electron chi connectivity index (χ4n) is 2.19. The smallest absolute Gasteiger partial charge is 0.230 e. The molecule has 1 heterocycles. The van der Waals surface area contributed by atoms with Crippen LogP contribution in [0.5, 0.6) is 0 Å². The molecule has 0 saturated heterocycles. The summed E-state index contributed by atoms with van der Waals surface area (Å²) < 4.78 is 0. The van der Waals surface area contributed by atoms with Crippen LogP contribution in [-0.4, -0.2) is 23.5 Å². The Morgan fingerprint density at radius 2 is 2.04 bits per heavy atom. The van der Waals surface area contributed by atoms with E-state index in [0.717, 1.165) is 9.77 Å². The Morgan fingerprint density at radius 1 is 1.26 bits per heavy atom. The maximum absolute atomic E-state index is 12.1. The molecule has 0 bridgehead atoms. The van der Waals surface area contributed by atoms with Gasteiger partial charge in [0.15, 0.2) is 5.78 Å². The van der Waals surface area contributed by atoms with Crippen molar-refractivity contribution in [2.75, 3.05) is 5.75 Å². The normalized spacial score (nSPS) is 12.0. The van der Waals surface area contributed by atoms with Crippen molar-refractivity contribution in [3.05, 3.63) is 51.7 Å². The first-order valence-corrected chi connectivity index (χ1v) is 9.38. The minimum atomic E-state index is -0.156. The van der Waals surface area contributed by atoms with E-state index in [9.17, 15) is 9.59 Å². The van der Waals surface area contributed by atoms with Gasteiger partial charge in [-0.15, -0.1) is 23.1 Å². The van der Waals surface area contributed by atoms with Gasteiger partial charge in [0.05, 0.1) is 10.6 Å². The summed E-state index contributed by atoms with van der Waals surface area (Å²) in [6.07, 6.45) is 0.334. The van der Waals surface area contributed by atoms with Gasteiger partial charge in [-0.2, -0.15) is 0 Å². The second kappa shape index (κ2) is 8.31. The summed E-state index contributed by atoms with van der Waals surface area (Å²) in [6, 6.07) is 9.75. The van der Waals surface area contributed by atoms with Gasteiger partial charge in [-0.1, -0.05) is 23.8 Å². The molecule has 0 saturated carbocycles. The number of ketones is 1. The highest BCUT2D eigenvalue weighted by atomic mass is 32.2. The van der Waals surface area contributed by atoms with Crippen molar-refractivity contribution in [2.24, 2.45) is 0 Å². The lowest BCUT2D eigenvalue weighted by molar-refractivity contribution is -0.119. The predicted molar refractivity (Wildman–Crippen MR) is 97.5 cm³/mol. The lowest BCUT2D eigenvalue weighted by atomic mass is 10.1. The summed E-state index contributed by atoms with van der Waals surface area (Å²) in [5.41, 5.74) is 2.36. The van der Waals surface area contributed by atoms with Crippen LogP contribution in [0, 0.1) is 13.8 Å². The van der Waals surface area contributed by atoms with E-state index in [1.54, 1.807) is 0 Å². The van der Waals surface area contributed by atoms with Gasteiger partial charge < -0.3 is 5.32 Å². The topological polar surface area (TPSA) is 46.2 Å². The summed E-state index contributed by atoms with van der Waals surface area (Å²) in [6.45, 7) is 5.95. The number of carbonyl (C=O) groups excluding carboxylic acids is 2. The van der Waals surface area contributed by atoms with E-state index in [2.05, 4.69) is 23.5 Å². The highest BCUT2D eigenvalue weighted by Crippen LogP contribution is 2.23. The average molecular weight is 348 g/mol. The first-order chi connectivity index (χ1) is 11.0. The molecule has 2 rings (SSSR count). The maximum Gasteiger partial charge on any atom is 0.230 e. The van der Waals surface area contributed by atoms with Gasteiger partial charge >= 0.3 is 0 Å². The second-order valence-electron chi connectivity index (χ2n) is 5.63. The monoisotopic (exact) mass is 347 g/mol. The Labute approximate surface area is 145 Å². The molecule has 0 aliphatic rings. The van der Waals surface area contributed by atoms with Crippen LogP contribution in [0.15, 0.2) is 40.6 Å². The van der Waals surface area contributed by atoms with Gasteiger partial charge in [0, 0.05) is 17.4 Å². The quantitative estimate of drug-likeness (QED) is 0.602. The molecule has 0 aliphatic heterocycles. The van der Waals surface area contributed by atoms with Gasteiger partial charge in [0.1, 0.15) is 0 Å². The van der Waals surface area contributed by atoms with Crippen molar-refractivity contribution < 1.29 is 9.59 Å². The molecule has 0 aliphatic carbocycles. The number of hydrogen-bond acceptors (Lipinski definition) is 4. The first-order valence-electron chi connectivity index (χ1n) is 7.52. The van der Waals surface area contributed by atoms with E-state index >= 15 is 0 Å². The highest BCUT2D eigenvalue weighted by molar-refractivity contribution is 8.00. The van der Waals surface area contributed by atoms with Crippen LogP contribution in [0.2, 0.25) is 0 Å². The molecule has 122 valence electrons. The molecule has 1 atom stereocenters. The van der Waals surface area contributed by atoms with Crippen LogP contribution in [-0.2, 0) is 4.79 Å². The molecule has 0 spiro atoms. The molecule has 0 radical (unpaired) electrons. The Hall–Kier alpha value is -1.59. The van der Waals surface area contributed by atoms with Crippen LogP contribution in [0.25, 0.3) is 0 Å². The van der Waals surface area contributed by atoms with Gasteiger partial charge in [0.25, 0.3) is 0 Å². The molecular weight excluding hydrogens is 326 g/mol. The summed E-state index contributed by atoms with van der Waals surface area (Å²) in [4.78, 5) is 25.9. The highest BCUT2D eigenvalue weighted by Gasteiger charge is 2.14. The first kappa shape index (κ1) is 17.8. The van der Waals surface area contributed by atoms with Gasteiger partial charge in [-0.05, 0) is 43.8 Å². The van der Waals surface area contributed by atoms with Crippen LogP contribution in [0.4, 0.5) is 0 Å². The van der Waals surface area contributed by atoms with E-state index < -0.39 is 0 Å². The van der Waals surface area contributed by atoms with Crippen molar-refractivity contribution in [1.82, 2.24) is 5.32 Å². The number of rotatable bonds is 7. The lowest BCUT2D eigenvalue weighted by Crippen LogP contribution is -2.35. The van der Waals surface area contributed by atoms with Gasteiger partial charge in [0.2, 0.25) is 5.91 Å². The van der Waals surface area contributed by atoms with Crippen molar-refractivity contribution in [3.63, 3.8) is 0 Å². The zero-order valence-corrected chi connectivity index (χ0v) is 15.2. The van der Waals surface area contributed by atoms with E-state index in [-0.39, 0.29) is 17.7 Å². The molecule has 23 heavy (non-hydrogen) atoms. The molecule has 1 aromatic carbocycles. The van der Waals surface area contributed by atoms with Crippen LogP contribution >= 0.6 is 23.1 Å². The van der Waals surface area contributed by atoms with Crippen LogP contribution < -0.4 is 5.32 Å². The Bertz CT molecular complexity index is 680. The van der Waals surface area contributed by atoms with Crippen LogP contribution in [0.1, 0.15) is 34.1 Å². The zero-order chi connectivity index (χ0) is 16.8. The third kappa shape index (κ3) is 5.52. The fraction of sp³-hybridized carbons (Fsp3) is 0.333. The van der Waals surface area contributed by atoms with Crippen molar-refractivity contribution in [3.8, 4) is 0 Å². The average Bonchev–Trinajstić information content (AvgIpc) is 3.02. The van der Waals surface area contributed by atoms with Crippen molar-refractivity contribution >= 4 is 34.8 Å². The van der Waals surface area contributed by atoms with Gasteiger partial charge in [-0.25, -0.2) is 0 Å². The lowest BCUT2D eigenvalue weighted by Gasteiger charge is -2.13. The summed E-state index contributed by atoms with van der Waals surface area (Å²) in [5.74, 6) is 0.402. The Morgan fingerprint density at radius 3 is 2.74 bits per heavy atom. The standard InChI is InChI=1S/C18H21NO2S2/c1-12-6-7-13(2)17(9-12)23-11-18(21)19-14(3)10-15(20)16-5-4-8-22-16/h4-9,14H,10-11H2,1-3H3,(H,19,21)/t14-/m0/s1. The molecule has 1 aromatic heterocycles. The molecule has 5 heteroatoms. The number of nitrogens with one attached hydrogen (secondary N) is 1. The minimum absolute atomic E-state index is 0.0395. The largest absolute Gasteiger partial charge is 0.352 e. The maximum atomic E-state index is 12.1. The van der Waals surface area contributed by atoms with E-state index in [1.165, 1.54) is 34.2 Å². The van der Waals surface area contributed by atoms with E-state index in [1.807, 2.05) is 38.3 Å². The third-order valence-corrected chi connectivity index (χ3v) is 5.47. The fourth-order valence-corrected chi connectivity index (χ4v) is 3.80. The number of amides is 1. The number of Topliss-reactive ketones (excluding diaryl/α,β-unsaturated/α-hetero) is 1. The predicted octanol–water partition coefficient (Wildman–Crippen LogP) is 4.23. The second-order valence-corrected chi connectivity index (χ2v) is 7.60. The van der Waals surface area contributed by atoms with Crippen molar-refractivity contribution in [1.29, 1.82) is 0 Å². The summed E-state index contributed by atoms with van der Waals surface area (Å²) in [5, 5.41) is 4.79. The molecule has 3 nitrogen and oxygen atoms in total. The van der Waals surface area contributed by atoms with E-state index in [0.29, 0.717) is 12.2 Å². The molecule has 1 amide bonds. The molecular formula is C18H21NO2S2.